The first-order chi connectivity index (χ1) is 10.3. The molecule has 0 aliphatic rings. The fraction of sp³-hybridized carbons (Fsp3) is 0.533. The number of nitrogens with one attached hydrogen (secondary N) is 2. The van der Waals surface area contributed by atoms with Gasteiger partial charge in [0.05, 0.1) is 6.26 Å². The highest BCUT2D eigenvalue weighted by atomic mass is 16.4. The number of furan rings is 1. The van der Waals surface area contributed by atoms with Crippen LogP contribution in [0.1, 0.15) is 44.2 Å². The van der Waals surface area contributed by atoms with Gasteiger partial charge in [-0.2, -0.15) is 0 Å². The molecule has 0 aromatic carbocycles. The van der Waals surface area contributed by atoms with Crippen molar-refractivity contribution in [1.82, 2.24) is 10.9 Å². The molecule has 1 heterocycles. The first-order valence-corrected chi connectivity index (χ1v) is 7.14. The highest BCUT2D eigenvalue weighted by molar-refractivity contribution is 5.92. The van der Waals surface area contributed by atoms with Gasteiger partial charge in [0.15, 0.2) is 5.76 Å². The summed E-state index contributed by atoms with van der Waals surface area (Å²) in [5.41, 5.74) is 4.44. The van der Waals surface area contributed by atoms with E-state index in [9.17, 15) is 19.5 Å². The molecule has 7 heteroatoms. The minimum atomic E-state index is -1.16. The molecule has 1 aromatic heterocycles. The third-order valence-electron chi connectivity index (χ3n) is 3.28. The number of amides is 2. The Hall–Kier alpha value is -2.31. The van der Waals surface area contributed by atoms with Crippen LogP contribution in [0.15, 0.2) is 22.8 Å². The van der Waals surface area contributed by atoms with E-state index >= 15 is 0 Å². The molecule has 0 radical (unpaired) electrons. The van der Waals surface area contributed by atoms with Gasteiger partial charge in [-0.15, -0.1) is 0 Å². The molecule has 2 atom stereocenters. The fourth-order valence-electron chi connectivity index (χ4n) is 2.15. The summed E-state index contributed by atoms with van der Waals surface area (Å²) in [5.74, 6) is -3.05. The number of hydrogen-bond donors (Lipinski definition) is 2. The van der Waals surface area contributed by atoms with E-state index in [-0.39, 0.29) is 18.1 Å². The Morgan fingerprint density at radius 3 is 2.41 bits per heavy atom. The van der Waals surface area contributed by atoms with Crippen molar-refractivity contribution >= 4 is 17.8 Å². The van der Waals surface area contributed by atoms with Gasteiger partial charge in [0, 0.05) is 18.3 Å². The molecule has 122 valence electrons. The van der Waals surface area contributed by atoms with E-state index in [1.807, 2.05) is 13.8 Å². The second-order valence-electron chi connectivity index (χ2n) is 5.72. The van der Waals surface area contributed by atoms with Gasteiger partial charge in [-0.1, -0.05) is 20.8 Å². The molecule has 0 bridgehead atoms. The smallest absolute Gasteiger partial charge is 0.305 e. The minimum absolute atomic E-state index is 0.0240. The van der Waals surface area contributed by atoms with Crippen LogP contribution >= 0.6 is 0 Å². The molecule has 2 N–H and O–H groups in total. The van der Waals surface area contributed by atoms with E-state index in [2.05, 4.69) is 10.9 Å². The Balaban J connectivity index is 2.45. The van der Waals surface area contributed by atoms with Crippen LogP contribution in [0.4, 0.5) is 0 Å². The van der Waals surface area contributed by atoms with Crippen molar-refractivity contribution in [1.29, 1.82) is 0 Å². The average molecular weight is 309 g/mol. The molecule has 22 heavy (non-hydrogen) atoms. The van der Waals surface area contributed by atoms with Gasteiger partial charge in [0.2, 0.25) is 5.91 Å². The number of hydrogen-bond acceptors (Lipinski definition) is 5. The van der Waals surface area contributed by atoms with E-state index in [1.54, 1.807) is 13.0 Å². The second-order valence-corrected chi connectivity index (χ2v) is 5.72. The highest BCUT2D eigenvalue weighted by Gasteiger charge is 2.22. The van der Waals surface area contributed by atoms with Crippen LogP contribution in [0.5, 0.6) is 0 Å². The molecule has 2 amide bonds. The predicted molar refractivity (Wildman–Crippen MR) is 76.0 cm³/mol. The van der Waals surface area contributed by atoms with Gasteiger partial charge in [-0.25, -0.2) is 0 Å². The first-order valence-electron chi connectivity index (χ1n) is 7.14. The zero-order valence-corrected chi connectivity index (χ0v) is 12.9. The average Bonchev–Trinajstić information content (AvgIpc) is 2.95. The molecule has 1 rings (SSSR count). The SMILES string of the molecule is CC(C)C[C@@H](C(=O)[O-])[C@H](C)CC(=O)NNC(=O)c1ccco1. The standard InChI is InChI=1S/C15H22N2O5/c1-9(2)7-11(15(20)21)10(3)8-13(18)16-17-14(19)12-5-4-6-22-12/h4-6,9-11H,7-8H2,1-3H3,(H,16,18)(H,17,19)(H,20,21)/p-1/t10-,11-/m1/s1. The first kappa shape index (κ1) is 17.7. The lowest BCUT2D eigenvalue weighted by atomic mass is 9.84. The fourth-order valence-corrected chi connectivity index (χ4v) is 2.15. The van der Waals surface area contributed by atoms with E-state index in [0.717, 1.165) is 0 Å². The summed E-state index contributed by atoms with van der Waals surface area (Å²) in [4.78, 5) is 34.5. The number of rotatable bonds is 7. The summed E-state index contributed by atoms with van der Waals surface area (Å²) < 4.78 is 4.87. The molecule has 1 aromatic rings. The summed E-state index contributed by atoms with van der Waals surface area (Å²) in [5, 5.41) is 11.2. The molecule has 7 nitrogen and oxygen atoms in total. The largest absolute Gasteiger partial charge is 0.550 e. The van der Waals surface area contributed by atoms with Crippen molar-refractivity contribution in [2.45, 2.75) is 33.6 Å². The van der Waals surface area contributed by atoms with E-state index in [4.69, 9.17) is 4.42 Å². The maximum atomic E-state index is 11.8. The molecular weight excluding hydrogens is 288 g/mol. The van der Waals surface area contributed by atoms with Crippen molar-refractivity contribution in [3.63, 3.8) is 0 Å². The highest BCUT2D eigenvalue weighted by Crippen LogP contribution is 2.22. The molecule has 0 saturated carbocycles. The summed E-state index contributed by atoms with van der Waals surface area (Å²) in [6, 6.07) is 3.01. The topological polar surface area (TPSA) is 111 Å². The number of carbonyl (C=O) groups is 3. The maximum Gasteiger partial charge on any atom is 0.305 e. The van der Waals surface area contributed by atoms with E-state index in [0.29, 0.717) is 6.42 Å². The van der Waals surface area contributed by atoms with Crippen LogP contribution in [0.3, 0.4) is 0 Å². The molecule has 0 unspecified atom stereocenters. The van der Waals surface area contributed by atoms with E-state index < -0.39 is 29.6 Å². The monoisotopic (exact) mass is 309 g/mol. The summed E-state index contributed by atoms with van der Waals surface area (Å²) >= 11 is 0. The molecular formula is C15H21N2O5-. The zero-order valence-electron chi connectivity index (χ0n) is 12.9. The Labute approximate surface area is 129 Å². The molecule has 0 aliphatic carbocycles. The zero-order chi connectivity index (χ0) is 16.7. The van der Waals surface area contributed by atoms with Crippen molar-refractivity contribution in [3.05, 3.63) is 24.2 Å². The van der Waals surface area contributed by atoms with Gasteiger partial charge in [0.1, 0.15) is 0 Å². The van der Waals surface area contributed by atoms with E-state index in [1.165, 1.54) is 12.3 Å². The van der Waals surface area contributed by atoms with Crippen LogP contribution in [-0.4, -0.2) is 17.8 Å². The Morgan fingerprint density at radius 1 is 1.23 bits per heavy atom. The van der Waals surface area contributed by atoms with Crippen molar-refractivity contribution < 1.29 is 23.9 Å². The van der Waals surface area contributed by atoms with Crippen LogP contribution < -0.4 is 16.0 Å². The maximum absolute atomic E-state index is 11.8. The van der Waals surface area contributed by atoms with Crippen LogP contribution in [0, 0.1) is 17.8 Å². The molecule has 0 saturated heterocycles. The molecule has 0 aliphatic heterocycles. The van der Waals surface area contributed by atoms with Crippen LogP contribution in [0.25, 0.3) is 0 Å². The lowest BCUT2D eigenvalue weighted by molar-refractivity contribution is -0.313. The summed E-state index contributed by atoms with van der Waals surface area (Å²) in [7, 11) is 0. The molecule has 0 spiro atoms. The quantitative estimate of drug-likeness (QED) is 0.711. The lowest BCUT2D eigenvalue weighted by Gasteiger charge is -2.26. The summed E-state index contributed by atoms with van der Waals surface area (Å²) in [6.07, 6.45) is 1.76. The van der Waals surface area contributed by atoms with Gasteiger partial charge >= 0.3 is 5.91 Å². The predicted octanol–water partition coefficient (Wildman–Crippen LogP) is 0.479. The normalized spacial score (nSPS) is 13.5. The van der Waals surface area contributed by atoms with Crippen LogP contribution in [-0.2, 0) is 9.59 Å². The van der Waals surface area contributed by atoms with Gasteiger partial charge in [-0.05, 0) is 30.4 Å². The number of hydrazine groups is 1. The Morgan fingerprint density at radius 2 is 1.91 bits per heavy atom. The van der Waals surface area contributed by atoms with Gasteiger partial charge < -0.3 is 14.3 Å². The van der Waals surface area contributed by atoms with Crippen LogP contribution in [0.2, 0.25) is 0 Å². The van der Waals surface area contributed by atoms with Crippen molar-refractivity contribution in [2.24, 2.45) is 17.8 Å². The third kappa shape index (κ3) is 5.59. The second kappa shape index (κ2) is 8.21. The number of aliphatic carboxylic acids is 1. The molecule has 0 fully saturated rings. The third-order valence-corrected chi connectivity index (χ3v) is 3.28. The van der Waals surface area contributed by atoms with Gasteiger partial charge in [-0.3, -0.25) is 20.4 Å². The number of carboxylic acids is 1. The van der Waals surface area contributed by atoms with Crippen molar-refractivity contribution in [2.75, 3.05) is 0 Å². The Bertz CT molecular complexity index is 510. The Kier molecular flexibility index (Phi) is 6.62. The number of carboxylic acid groups (broad SMARTS) is 1. The minimum Gasteiger partial charge on any atom is -0.550 e. The number of carbonyl (C=O) groups excluding carboxylic acids is 3. The lowest BCUT2D eigenvalue weighted by Crippen LogP contribution is -2.43. The summed E-state index contributed by atoms with van der Waals surface area (Å²) in [6.45, 7) is 5.50. The van der Waals surface area contributed by atoms with Crippen molar-refractivity contribution in [3.8, 4) is 0 Å². The van der Waals surface area contributed by atoms with Gasteiger partial charge in [0.25, 0.3) is 0 Å².